The number of aromatic nitrogens is 1. The number of nitrogens with two attached hydrogens (primary N) is 1. The minimum Gasteiger partial charge on any atom is -0.399 e. The number of aryl methyl sites for hydroxylation is 1. The average Bonchev–Trinajstić information content (AvgIpc) is 2.62. The summed E-state index contributed by atoms with van der Waals surface area (Å²) in [6.45, 7) is 2.27. The molecule has 0 unspecified atom stereocenters. The number of nitrogens with zero attached hydrogens (tertiary/aromatic N) is 1. The fraction of sp³-hybridized carbons (Fsp3) is 0.435. The number of hydrogen-bond acceptors (Lipinski definition) is 2. The maximum atomic E-state index is 5.94. The summed E-state index contributed by atoms with van der Waals surface area (Å²) >= 11 is 0. The number of hydrogen-bond donors (Lipinski definition) is 1. The highest BCUT2D eigenvalue weighted by Crippen LogP contribution is 2.25. The van der Waals surface area contributed by atoms with Gasteiger partial charge in [0.2, 0.25) is 0 Å². The van der Waals surface area contributed by atoms with Crippen molar-refractivity contribution < 1.29 is 0 Å². The number of benzene rings is 2. The zero-order valence-electron chi connectivity index (χ0n) is 15.4. The van der Waals surface area contributed by atoms with Gasteiger partial charge in [-0.3, -0.25) is 0 Å². The minimum absolute atomic E-state index is 0.800. The van der Waals surface area contributed by atoms with Crippen molar-refractivity contribution in [3.05, 3.63) is 48.0 Å². The Morgan fingerprint density at radius 1 is 0.800 bits per heavy atom. The van der Waals surface area contributed by atoms with Gasteiger partial charge in [-0.2, -0.15) is 0 Å². The predicted molar refractivity (Wildman–Crippen MR) is 110 cm³/mol. The Morgan fingerprint density at radius 2 is 1.56 bits per heavy atom. The van der Waals surface area contributed by atoms with Gasteiger partial charge in [-0.1, -0.05) is 64.0 Å². The molecule has 0 saturated heterocycles. The third kappa shape index (κ3) is 4.72. The zero-order valence-corrected chi connectivity index (χ0v) is 15.4. The van der Waals surface area contributed by atoms with Crippen LogP contribution in [0.4, 0.5) is 5.69 Å². The fourth-order valence-corrected chi connectivity index (χ4v) is 3.61. The van der Waals surface area contributed by atoms with E-state index in [2.05, 4.69) is 31.2 Å². The van der Waals surface area contributed by atoms with E-state index in [1.165, 1.54) is 62.3 Å². The summed E-state index contributed by atoms with van der Waals surface area (Å²) in [5.41, 5.74) is 10.3. The van der Waals surface area contributed by atoms with Crippen molar-refractivity contribution in [1.82, 2.24) is 4.98 Å². The van der Waals surface area contributed by atoms with E-state index < -0.39 is 0 Å². The van der Waals surface area contributed by atoms with E-state index in [0.717, 1.165) is 28.5 Å². The Bertz CT molecular complexity index is 823. The smallest absolute Gasteiger partial charge is 0.0712 e. The van der Waals surface area contributed by atoms with Crippen LogP contribution in [0.2, 0.25) is 0 Å². The topological polar surface area (TPSA) is 38.9 Å². The lowest BCUT2D eigenvalue weighted by Crippen LogP contribution is -1.92. The molecule has 0 aliphatic carbocycles. The SMILES string of the molecule is CCCCCCCCCCc1cccc2nc3ccc(N)cc3cc12. The first kappa shape index (κ1) is 17.7. The maximum Gasteiger partial charge on any atom is 0.0712 e. The first-order chi connectivity index (χ1) is 12.3. The van der Waals surface area contributed by atoms with Gasteiger partial charge in [-0.25, -0.2) is 4.98 Å². The number of anilines is 1. The molecule has 1 heterocycles. The Kier molecular flexibility index (Phi) is 6.27. The quantitative estimate of drug-likeness (QED) is 0.270. The summed E-state index contributed by atoms with van der Waals surface area (Å²) in [6, 6.07) is 14.7. The first-order valence-corrected chi connectivity index (χ1v) is 9.86. The Labute approximate surface area is 151 Å². The number of pyridine rings is 1. The van der Waals surface area contributed by atoms with E-state index >= 15 is 0 Å². The molecule has 0 aliphatic heterocycles. The van der Waals surface area contributed by atoms with Crippen molar-refractivity contribution in [2.45, 2.75) is 64.7 Å². The van der Waals surface area contributed by atoms with E-state index in [-0.39, 0.29) is 0 Å². The van der Waals surface area contributed by atoms with Crippen molar-refractivity contribution in [3.63, 3.8) is 0 Å². The molecule has 2 nitrogen and oxygen atoms in total. The van der Waals surface area contributed by atoms with E-state index in [4.69, 9.17) is 10.7 Å². The first-order valence-electron chi connectivity index (χ1n) is 9.86. The Morgan fingerprint density at radius 3 is 2.36 bits per heavy atom. The second-order valence-corrected chi connectivity index (χ2v) is 7.15. The summed E-state index contributed by atoms with van der Waals surface area (Å²) < 4.78 is 0. The molecule has 0 bridgehead atoms. The third-order valence-corrected chi connectivity index (χ3v) is 5.07. The molecule has 132 valence electrons. The van der Waals surface area contributed by atoms with Crippen molar-refractivity contribution in [2.24, 2.45) is 0 Å². The lowest BCUT2D eigenvalue weighted by atomic mass is 9.99. The summed E-state index contributed by atoms with van der Waals surface area (Å²) in [5, 5.41) is 2.42. The molecule has 0 spiro atoms. The van der Waals surface area contributed by atoms with Crippen molar-refractivity contribution in [2.75, 3.05) is 5.73 Å². The maximum absolute atomic E-state index is 5.94. The molecule has 2 heteroatoms. The van der Waals surface area contributed by atoms with E-state index in [1.807, 2.05) is 18.2 Å². The lowest BCUT2D eigenvalue weighted by molar-refractivity contribution is 0.576. The van der Waals surface area contributed by atoms with Crippen molar-refractivity contribution in [1.29, 1.82) is 0 Å². The van der Waals surface area contributed by atoms with Crippen LogP contribution in [0.15, 0.2) is 42.5 Å². The summed E-state index contributed by atoms with van der Waals surface area (Å²) in [6.07, 6.45) is 12.0. The van der Waals surface area contributed by atoms with Crippen LogP contribution < -0.4 is 5.73 Å². The summed E-state index contributed by atoms with van der Waals surface area (Å²) in [7, 11) is 0. The molecule has 2 aromatic carbocycles. The molecule has 0 radical (unpaired) electrons. The number of unbranched alkanes of at least 4 members (excludes halogenated alkanes) is 7. The molecule has 3 aromatic rings. The molecule has 1 aromatic heterocycles. The van der Waals surface area contributed by atoms with Gasteiger partial charge < -0.3 is 5.73 Å². The van der Waals surface area contributed by atoms with Crippen LogP contribution in [0.5, 0.6) is 0 Å². The molecule has 25 heavy (non-hydrogen) atoms. The van der Waals surface area contributed by atoms with Crippen LogP contribution in [0.25, 0.3) is 21.8 Å². The highest BCUT2D eigenvalue weighted by Gasteiger charge is 2.05. The van der Waals surface area contributed by atoms with Crippen LogP contribution in [0, 0.1) is 0 Å². The van der Waals surface area contributed by atoms with E-state index in [0.29, 0.717) is 0 Å². The second-order valence-electron chi connectivity index (χ2n) is 7.15. The van der Waals surface area contributed by atoms with E-state index in [9.17, 15) is 0 Å². The van der Waals surface area contributed by atoms with Gasteiger partial charge in [0.25, 0.3) is 0 Å². The van der Waals surface area contributed by atoms with Crippen molar-refractivity contribution >= 4 is 27.5 Å². The van der Waals surface area contributed by atoms with Crippen LogP contribution >= 0.6 is 0 Å². The molecule has 0 aliphatic rings. The Balaban J connectivity index is 1.63. The summed E-state index contributed by atoms with van der Waals surface area (Å²) in [5.74, 6) is 0. The lowest BCUT2D eigenvalue weighted by Gasteiger charge is -2.08. The predicted octanol–water partition coefficient (Wildman–Crippen LogP) is 6.65. The van der Waals surface area contributed by atoms with Gasteiger partial charge >= 0.3 is 0 Å². The molecule has 0 fully saturated rings. The van der Waals surface area contributed by atoms with Gasteiger partial charge in [0, 0.05) is 16.5 Å². The molecule has 0 saturated carbocycles. The van der Waals surface area contributed by atoms with Gasteiger partial charge in [-0.15, -0.1) is 0 Å². The molecule has 2 N–H and O–H groups in total. The highest BCUT2D eigenvalue weighted by molar-refractivity contribution is 5.95. The molecular weight excluding hydrogens is 304 g/mol. The van der Waals surface area contributed by atoms with Crippen LogP contribution in [0.1, 0.15) is 63.9 Å². The molecular formula is C23H30N2. The van der Waals surface area contributed by atoms with Crippen LogP contribution in [0.3, 0.4) is 0 Å². The number of rotatable bonds is 9. The number of fused-ring (bicyclic) bond motifs is 2. The van der Waals surface area contributed by atoms with Crippen molar-refractivity contribution in [3.8, 4) is 0 Å². The van der Waals surface area contributed by atoms with Gasteiger partial charge in [-0.05, 0) is 48.7 Å². The molecule has 0 atom stereocenters. The van der Waals surface area contributed by atoms with Gasteiger partial charge in [0.1, 0.15) is 0 Å². The monoisotopic (exact) mass is 334 g/mol. The standard InChI is InChI=1S/C23H30N2/c1-2-3-4-5-6-7-8-9-11-18-12-10-13-23-21(18)17-19-16-20(24)14-15-22(19)25-23/h10,12-17H,2-9,11,24H2,1H3. The minimum atomic E-state index is 0.800. The van der Waals surface area contributed by atoms with Crippen LogP contribution in [-0.2, 0) is 6.42 Å². The molecule has 0 amide bonds. The van der Waals surface area contributed by atoms with E-state index in [1.54, 1.807) is 0 Å². The normalized spacial score (nSPS) is 11.4. The largest absolute Gasteiger partial charge is 0.399 e. The Hall–Kier alpha value is -2.09. The zero-order chi connectivity index (χ0) is 17.5. The fourth-order valence-electron chi connectivity index (χ4n) is 3.61. The van der Waals surface area contributed by atoms with Gasteiger partial charge in [0.05, 0.1) is 11.0 Å². The second kappa shape index (κ2) is 8.84. The average molecular weight is 335 g/mol. The third-order valence-electron chi connectivity index (χ3n) is 5.07. The van der Waals surface area contributed by atoms with Gasteiger partial charge in [0.15, 0.2) is 0 Å². The molecule has 3 rings (SSSR count). The van der Waals surface area contributed by atoms with Crippen LogP contribution in [-0.4, -0.2) is 4.98 Å². The number of nitrogen functional groups attached to an aromatic ring is 1. The highest BCUT2D eigenvalue weighted by atomic mass is 14.7. The summed E-state index contributed by atoms with van der Waals surface area (Å²) in [4.78, 5) is 4.81.